The van der Waals surface area contributed by atoms with Gasteiger partial charge in [0.25, 0.3) is 0 Å². The van der Waals surface area contributed by atoms with Crippen LogP contribution in [0.5, 0.6) is 0 Å². The molecule has 1 aliphatic rings. The molecule has 20 heavy (non-hydrogen) atoms. The summed E-state index contributed by atoms with van der Waals surface area (Å²) in [7, 11) is 0. The van der Waals surface area contributed by atoms with E-state index >= 15 is 0 Å². The summed E-state index contributed by atoms with van der Waals surface area (Å²) in [5.41, 5.74) is 0.399. The van der Waals surface area contributed by atoms with Gasteiger partial charge in [-0.15, -0.1) is 0 Å². The maximum absolute atomic E-state index is 13.5. The fraction of sp³-hybridized carbons (Fsp3) is 0.438. The second-order valence-electron chi connectivity index (χ2n) is 5.05. The highest BCUT2D eigenvalue weighted by Gasteiger charge is 2.24. The molecular weight excluding hydrogens is 257 g/mol. The van der Waals surface area contributed by atoms with Crippen LogP contribution in [0.15, 0.2) is 30.3 Å². The molecule has 0 aromatic heterocycles. The van der Waals surface area contributed by atoms with Gasteiger partial charge in [-0.3, -0.25) is 4.79 Å². The van der Waals surface area contributed by atoms with Gasteiger partial charge in [0.2, 0.25) is 5.91 Å². The number of rotatable bonds is 5. The number of hydrogen-bond donors (Lipinski definition) is 1. The van der Waals surface area contributed by atoms with Gasteiger partial charge in [-0.2, -0.15) is 0 Å². The Morgan fingerprint density at radius 3 is 2.70 bits per heavy atom. The Kier molecular flexibility index (Phi) is 5.30. The molecule has 0 bridgehead atoms. The Labute approximate surface area is 118 Å². The van der Waals surface area contributed by atoms with Gasteiger partial charge in [0.15, 0.2) is 0 Å². The van der Waals surface area contributed by atoms with E-state index in [-0.39, 0.29) is 24.4 Å². The SMILES string of the molecule is O=C(C=Cc1ccccc1F)N(CCO)C1CCCC1. The van der Waals surface area contributed by atoms with Crippen LogP contribution in [0.3, 0.4) is 0 Å². The molecule has 1 aromatic carbocycles. The zero-order valence-corrected chi connectivity index (χ0v) is 11.5. The minimum atomic E-state index is -0.342. The highest BCUT2D eigenvalue weighted by Crippen LogP contribution is 2.23. The molecule has 1 amide bonds. The van der Waals surface area contributed by atoms with E-state index in [0.29, 0.717) is 12.1 Å². The molecule has 1 aliphatic carbocycles. The largest absolute Gasteiger partial charge is 0.395 e. The Morgan fingerprint density at radius 1 is 1.35 bits per heavy atom. The first-order valence-electron chi connectivity index (χ1n) is 7.06. The maximum atomic E-state index is 13.5. The molecule has 1 saturated carbocycles. The molecule has 0 unspecified atom stereocenters. The molecule has 0 atom stereocenters. The predicted octanol–water partition coefficient (Wildman–Crippen LogP) is 2.60. The third-order valence-electron chi connectivity index (χ3n) is 3.70. The van der Waals surface area contributed by atoms with Crippen LogP contribution >= 0.6 is 0 Å². The van der Waals surface area contributed by atoms with Crippen molar-refractivity contribution in [2.45, 2.75) is 31.7 Å². The van der Waals surface area contributed by atoms with Crippen molar-refractivity contribution in [3.63, 3.8) is 0 Å². The summed E-state index contributed by atoms with van der Waals surface area (Å²) < 4.78 is 13.5. The smallest absolute Gasteiger partial charge is 0.246 e. The quantitative estimate of drug-likeness (QED) is 0.840. The minimum Gasteiger partial charge on any atom is -0.395 e. The van der Waals surface area contributed by atoms with Crippen molar-refractivity contribution in [3.8, 4) is 0 Å². The second kappa shape index (κ2) is 7.20. The summed E-state index contributed by atoms with van der Waals surface area (Å²) in [5.74, 6) is -0.500. The van der Waals surface area contributed by atoms with Crippen LogP contribution in [0.25, 0.3) is 6.08 Å². The first kappa shape index (κ1) is 14.7. The van der Waals surface area contributed by atoms with Crippen molar-refractivity contribution in [3.05, 3.63) is 41.7 Å². The average molecular weight is 277 g/mol. The number of aliphatic hydroxyl groups is 1. The van der Waals surface area contributed by atoms with Crippen molar-refractivity contribution in [2.75, 3.05) is 13.2 Å². The molecule has 0 radical (unpaired) electrons. The number of halogens is 1. The number of carbonyl (C=O) groups is 1. The Balaban J connectivity index is 2.06. The lowest BCUT2D eigenvalue weighted by molar-refractivity contribution is -0.128. The van der Waals surface area contributed by atoms with Gasteiger partial charge in [0.05, 0.1) is 6.61 Å². The van der Waals surface area contributed by atoms with E-state index in [4.69, 9.17) is 5.11 Å². The van der Waals surface area contributed by atoms with Crippen molar-refractivity contribution >= 4 is 12.0 Å². The lowest BCUT2D eigenvalue weighted by Crippen LogP contribution is -2.39. The van der Waals surface area contributed by atoms with E-state index < -0.39 is 0 Å². The van der Waals surface area contributed by atoms with Crippen molar-refractivity contribution in [1.82, 2.24) is 4.90 Å². The third kappa shape index (κ3) is 3.67. The molecule has 3 nitrogen and oxygen atoms in total. The summed E-state index contributed by atoms with van der Waals surface area (Å²) in [4.78, 5) is 13.9. The number of carbonyl (C=O) groups excluding carboxylic acids is 1. The monoisotopic (exact) mass is 277 g/mol. The predicted molar refractivity (Wildman–Crippen MR) is 76.5 cm³/mol. The van der Waals surface area contributed by atoms with Crippen LogP contribution in [0.4, 0.5) is 4.39 Å². The standard InChI is InChI=1S/C16H20FNO2/c17-15-8-4-1-5-13(15)9-10-16(20)18(11-12-19)14-6-2-3-7-14/h1,4-5,8-10,14,19H,2-3,6-7,11-12H2. The van der Waals surface area contributed by atoms with Gasteiger partial charge in [-0.1, -0.05) is 31.0 Å². The lowest BCUT2D eigenvalue weighted by atomic mass is 10.1. The van der Waals surface area contributed by atoms with Crippen LogP contribution in [0.2, 0.25) is 0 Å². The highest BCUT2D eigenvalue weighted by molar-refractivity contribution is 5.92. The summed E-state index contributed by atoms with van der Waals surface area (Å²) in [5, 5.41) is 9.10. The zero-order chi connectivity index (χ0) is 14.4. The van der Waals surface area contributed by atoms with Gasteiger partial charge >= 0.3 is 0 Å². The Morgan fingerprint density at radius 2 is 2.05 bits per heavy atom. The fourth-order valence-electron chi connectivity index (χ4n) is 2.66. The molecule has 0 saturated heterocycles. The molecular formula is C16H20FNO2. The first-order chi connectivity index (χ1) is 9.72. The molecule has 2 rings (SSSR count). The number of benzene rings is 1. The maximum Gasteiger partial charge on any atom is 0.246 e. The molecule has 4 heteroatoms. The van der Waals surface area contributed by atoms with Crippen LogP contribution in [-0.2, 0) is 4.79 Å². The van der Waals surface area contributed by atoms with Gasteiger partial charge in [-0.25, -0.2) is 4.39 Å². The normalized spacial score (nSPS) is 15.9. The summed E-state index contributed by atoms with van der Waals surface area (Å²) in [6, 6.07) is 6.55. The van der Waals surface area contributed by atoms with Gasteiger partial charge in [0.1, 0.15) is 5.82 Å². The lowest BCUT2D eigenvalue weighted by Gasteiger charge is -2.27. The molecule has 0 aliphatic heterocycles. The third-order valence-corrected chi connectivity index (χ3v) is 3.70. The first-order valence-corrected chi connectivity index (χ1v) is 7.06. The van der Waals surface area contributed by atoms with E-state index in [2.05, 4.69) is 0 Å². The van der Waals surface area contributed by atoms with E-state index in [1.165, 1.54) is 18.2 Å². The van der Waals surface area contributed by atoms with Gasteiger partial charge < -0.3 is 10.0 Å². The topological polar surface area (TPSA) is 40.5 Å². The summed E-state index contributed by atoms with van der Waals surface area (Å²) in [6.07, 6.45) is 7.11. The minimum absolute atomic E-state index is 0.0459. The zero-order valence-electron chi connectivity index (χ0n) is 11.5. The van der Waals surface area contributed by atoms with Crippen molar-refractivity contribution in [2.24, 2.45) is 0 Å². The number of aliphatic hydroxyl groups excluding tert-OH is 1. The molecule has 108 valence electrons. The van der Waals surface area contributed by atoms with Gasteiger partial charge in [-0.05, 0) is 25.0 Å². The van der Waals surface area contributed by atoms with Gasteiger partial charge in [0, 0.05) is 24.2 Å². The fourth-order valence-corrected chi connectivity index (χ4v) is 2.66. The van der Waals surface area contributed by atoms with Crippen LogP contribution < -0.4 is 0 Å². The molecule has 1 aromatic rings. The van der Waals surface area contributed by atoms with Crippen LogP contribution in [0, 0.1) is 5.82 Å². The van der Waals surface area contributed by atoms with E-state index in [9.17, 15) is 9.18 Å². The van der Waals surface area contributed by atoms with E-state index in [1.54, 1.807) is 23.1 Å². The summed E-state index contributed by atoms with van der Waals surface area (Å²) in [6.45, 7) is 0.293. The van der Waals surface area contributed by atoms with E-state index in [1.807, 2.05) is 0 Å². The van der Waals surface area contributed by atoms with E-state index in [0.717, 1.165) is 25.7 Å². The highest BCUT2D eigenvalue weighted by atomic mass is 19.1. The Hall–Kier alpha value is -1.68. The number of hydrogen-bond acceptors (Lipinski definition) is 2. The van der Waals surface area contributed by atoms with Crippen molar-refractivity contribution < 1.29 is 14.3 Å². The van der Waals surface area contributed by atoms with Crippen LogP contribution in [0.1, 0.15) is 31.2 Å². The van der Waals surface area contributed by atoms with Crippen LogP contribution in [-0.4, -0.2) is 35.1 Å². The Bertz CT molecular complexity index is 481. The number of amides is 1. The molecule has 0 heterocycles. The number of nitrogens with zero attached hydrogens (tertiary/aromatic N) is 1. The summed E-state index contributed by atoms with van der Waals surface area (Å²) >= 11 is 0. The molecule has 1 N–H and O–H groups in total. The molecule has 0 spiro atoms. The van der Waals surface area contributed by atoms with Crippen molar-refractivity contribution in [1.29, 1.82) is 0 Å². The average Bonchev–Trinajstić information content (AvgIpc) is 2.97. The molecule has 1 fully saturated rings. The second-order valence-corrected chi connectivity index (χ2v) is 5.05.